The molecule has 0 amide bonds. The molecule has 0 atom stereocenters. The molecule has 6 heteroatoms. The number of nitrogens with zero attached hydrogens (tertiary/aromatic N) is 4. The number of rotatable bonds is 2. The SMILES string of the molecule is c1ccc(N2CCN(c3ncnc4c3oc3ccccc34)CC2)[nH+]c1. The van der Waals surface area contributed by atoms with Gasteiger partial charge in [0, 0.05) is 11.5 Å². The number of H-pyrrole nitrogens is 1. The molecule has 0 unspecified atom stereocenters. The molecule has 4 heterocycles. The highest BCUT2D eigenvalue weighted by Crippen LogP contribution is 2.32. The molecule has 1 fully saturated rings. The summed E-state index contributed by atoms with van der Waals surface area (Å²) >= 11 is 0. The average Bonchev–Trinajstić information content (AvgIpc) is 3.08. The highest BCUT2D eigenvalue weighted by molar-refractivity contribution is 6.05. The number of anilines is 2. The van der Waals surface area contributed by atoms with Crippen LogP contribution in [0.5, 0.6) is 0 Å². The summed E-state index contributed by atoms with van der Waals surface area (Å²) in [6, 6.07) is 14.2. The number of nitrogens with one attached hydrogen (secondary N) is 1. The first-order valence-electron chi connectivity index (χ1n) is 8.49. The van der Waals surface area contributed by atoms with Crippen LogP contribution in [-0.2, 0) is 0 Å². The molecule has 25 heavy (non-hydrogen) atoms. The number of furan rings is 1. The van der Waals surface area contributed by atoms with Gasteiger partial charge >= 0.3 is 0 Å². The number of benzene rings is 1. The van der Waals surface area contributed by atoms with Crippen molar-refractivity contribution in [3.05, 3.63) is 55.0 Å². The molecular formula is C19H18N5O+. The number of pyridine rings is 1. The largest absolute Gasteiger partial charge is 0.450 e. The summed E-state index contributed by atoms with van der Waals surface area (Å²) in [6.07, 6.45) is 3.60. The minimum absolute atomic E-state index is 0.781. The lowest BCUT2D eigenvalue weighted by Gasteiger charge is -2.31. The summed E-state index contributed by atoms with van der Waals surface area (Å²) in [7, 11) is 0. The zero-order valence-electron chi connectivity index (χ0n) is 13.7. The minimum Gasteiger partial charge on any atom is -0.450 e. The molecule has 0 saturated carbocycles. The monoisotopic (exact) mass is 332 g/mol. The Hall–Kier alpha value is -3.15. The Morgan fingerprint density at radius 3 is 2.52 bits per heavy atom. The van der Waals surface area contributed by atoms with Crippen LogP contribution in [0.3, 0.4) is 0 Å². The van der Waals surface area contributed by atoms with Crippen LogP contribution in [0, 0.1) is 0 Å². The molecule has 5 rings (SSSR count). The zero-order chi connectivity index (χ0) is 16.6. The Labute approximate surface area is 144 Å². The van der Waals surface area contributed by atoms with E-state index in [0.717, 1.165) is 59.9 Å². The van der Waals surface area contributed by atoms with E-state index in [4.69, 9.17) is 4.42 Å². The van der Waals surface area contributed by atoms with E-state index in [-0.39, 0.29) is 0 Å². The molecule has 1 N–H and O–H groups in total. The van der Waals surface area contributed by atoms with Gasteiger partial charge in [-0.05, 0) is 18.2 Å². The van der Waals surface area contributed by atoms with Crippen molar-refractivity contribution < 1.29 is 9.40 Å². The van der Waals surface area contributed by atoms with Crippen LogP contribution in [0.2, 0.25) is 0 Å². The fourth-order valence-corrected chi connectivity index (χ4v) is 3.48. The predicted octanol–water partition coefficient (Wildman–Crippen LogP) is 2.52. The molecule has 6 nitrogen and oxygen atoms in total. The van der Waals surface area contributed by atoms with E-state index < -0.39 is 0 Å². The van der Waals surface area contributed by atoms with Crippen LogP contribution in [0.15, 0.2) is 59.4 Å². The van der Waals surface area contributed by atoms with Crippen molar-refractivity contribution in [1.29, 1.82) is 0 Å². The Morgan fingerprint density at radius 1 is 0.880 bits per heavy atom. The maximum atomic E-state index is 6.06. The second kappa shape index (κ2) is 5.73. The third-order valence-electron chi connectivity index (χ3n) is 4.75. The maximum Gasteiger partial charge on any atom is 0.274 e. The molecule has 0 aliphatic carbocycles. The fourth-order valence-electron chi connectivity index (χ4n) is 3.48. The van der Waals surface area contributed by atoms with Crippen LogP contribution in [0.1, 0.15) is 0 Å². The number of para-hydroxylation sites is 1. The number of aromatic nitrogens is 3. The minimum atomic E-state index is 0.781. The van der Waals surface area contributed by atoms with Crippen molar-refractivity contribution in [1.82, 2.24) is 9.97 Å². The summed E-state index contributed by atoms with van der Waals surface area (Å²) in [5, 5.41) is 1.04. The quantitative estimate of drug-likeness (QED) is 0.564. The Morgan fingerprint density at radius 2 is 1.68 bits per heavy atom. The summed E-state index contributed by atoms with van der Waals surface area (Å²) < 4.78 is 6.06. The highest BCUT2D eigenvalue weighted by Gasteiger charge is 2.26. The maximum absolute atomic E-state index is 6.06. The average molecular weight is 332 g/mol. The van der Waals surface area contributed by atoms with Crippen molar-refractivity contribution in [2.45, 2.75) is 0 Å². The molecule has 124 valence electrons. The van der Waals surface area contributed by atoms with Gasteiger partial charge in [-0.15, -0.1) is 0 Å². The molecule has 1 aliphatic heterocycles. The van der Waals surface area contributed by atoms with Crippen LogP contribution >= 0.6 is 0 Å². The van der Waals surface area contributed by atoms with Crippen molar-refractivity contribution in [2.75, 3.05) is 36.0 Å². The van der Waals surface area contributed by atoms with E-state index in [0.29, 0.717) is 0 Å². The van der Waals surface area contributed by atoms with E-state index in [1.54, 1.807) is 6.33 Å². The van der Waals surface area contributed by atoms with Gasteiger partial charge in [0.25, 0.3) is 5.82 Å². The molecule has 3 aromatic heterocycles. The Kier molecular flexibility index (Phi) is 3.26. The van der Waals surface area contributed by atoms with Gasteiger partial charge in [-0.2, -0.15) is 0 Å². The lowest BCUT2D eigenvalue weighted by molar-refractivity contribution is -0.364. The second-order valence-corrected chi connectivity index (χ2v) is 6.20. The molecule has 0 spiro atoms. The number of piperazine rings is 1. The Balaban J connectivity index is 1.46. The highest BCUT2D eigenvalue weighted by atomic mass is 16.3. The number of hydrogen-bond acceptors (Lipinski definition) is 5. The van der Waals surface area contributed by atoms with Crippen LogP contribution < -0.4 is 14.8 Å². The van der Waals surface area contributed by atoms with Crippen molar-refractivity contribution in [2.24, 2.45) is 0 Å². The molecule has 1 aromatic carbocycles. The first-order chi connectivity index (χ1) is 12.4. The van der Waals surface area contributed by atoms with Gasteiger partial charge in [0.2, 0.25) is 0 Å². The van der Waals surface area contributed by atoms with Crippen LogP contribution in [0.25, 0.3) is 22.1 Å². The van der Waals surface area contributed by atoms with Gasteiger partial charge < -0.3 is 9.32 Å². The molecule has 0 radical (unpaired) electrons. The van der Waals surface area contributed by atoms with Crippen molar-refractivity contribution in [3.63, 3.8) is 0 Å². The van der Waals surface area contributed by atoms with E-state index in [2.05, 4.69) is 36.9 Å². The lowest BCUT2D eigenvalue weighted by atomic mass is 10.2. The summed E-state index contributed by atoms with van der Waals surface area (Å²) in [5.41, 5.74) is 2.53. The first-order valence-corrected chi connectivity index (χ1v) is 8.49. The Bertz CT molecular complexity index is 1020. The predicted molar refractivity (Wildman–Crippen MR) is 96.7 cm³/mol. The number of fused-ring (bicyclic) bond motifs is 3. The standard InChI is InChI=1S/C19H17N5O/c1-2-6-15-14(5-1)17-18(25-15)19(22-13-21-17)24-11-9-23(10-12-24)16-7-3-4-8-20-16/h1-8,13H,9-12H2/p+1. The summed E-state index contributed by atoms with van der Waals surface area (Å²) in [5.74, 6) is 2.04. The smallest absolute Gasteiger partial charge is 0.274 e. The summed E-state index contributed by atoms with van der Waals surface area (Å²) in [4.78, 5) is 16.9. The van der Waals surface area contributed by atoms with E-state index in [9.17, 15) is 0 Å². The molecule has 0 bridgehead atoms. The van der Waals surface area contributed by atoms with Gasteiger partial charge in [-0.25, -0.2) is 15.0 Å². The van der Waals surface area contributed by atoms with Gasteiger partial charge in [0.1, 0.15) is 30.5 Å². The van der Waals surface area contributed by atoms with Gasteiger partial charge in [0.15, 0.2) is 11.4 Å². The van der Waals surface area contributed by atoms with Crippen LogP contribution in [-0.4, -0.2) is 36.1 Å². The van der Waals surface area contributed by atoms with Crippen LogP contribution in [0.4, 0.5) is 11.6 Å². The van der Waals surface area contributed by atoms with E-state index >= 15 is 0 Å². The molecule has 1 saturated heterocycles. The topological polar surface area (TPSA) is 59.5 Å². The van der Waals surface area contributed by atoms with Gasteiger partial charge in [-0.1, -0.05) is 18.2 Å². The lowest BCUT2D eigenvalue weighted by Crippen LogP contribution is -2.48. The van der Waals surface area contributed by atoms with Crippen molar-refractivity contribution >= 4 is 33.7 Å². The third-order valence-corrected chi connectivity index (χ3v) is 4.75. The molecule has 4 aromatic rings. The first kappa shape index (κ1) is 14.2. The number of aromatic amines is 1. The second-order valence-electron chi connectivity index (χ2n) is 6.20. The van der Waals surface area contributed by atoms with Gasteiger partial charge in [-0.3, -0.25) is 4.90 Å². The van der Waals surface area contributed by atoms with Gasteiger partial charge in [0.05, 0.1) is 19.3 Å². The normalized spacial score (nSPS) is 15.2. The third kappa shape index (κ3) is 2.38. The van der Waals surface area contributed by atoms with Crippen molar-refractivity contribution in [3.8, 4) is 0 Å². The number of hydrogen-bond donors (Lipinski definition) is 0. The van der Waals surface area contributed by atoms with E-state index in [1.807, 2.05) is 36.5 Å². The zero-order valence-corrected chi connectivity index (χ0v) is 13.7. The van der Waals surface area contributed by atoms with E-state index in [1.165, 1.54) is 0 Å². The summed E-state index contributed by atoms with van der Waals surface area (Å²) in [6.45, 7) is 3.66. The molecule has 1 aliphatic rings. The fraction of sp³-hybridized carbons (Fsp3) is 0.211. The molecular weight excluding hydrogens is 314 g/mol.